The van der Waals surface area contributed by atoms with Crippen molar-refractivity contribution >= 4 is 22.6 Å². The number of rotatable bonds is 2. The van der Waals surface area contributed by atoms with Crippen LogP contribution in [0.25, 0.3) is 11.0 Å². The van der Waals surface area contributed by atoms with Gasteiger partial charge in [-0.15, -0.1) is 0 Å². The Labute approximate surface area is 109 Å². The minimum absolute atomic E-state index is 0.177. The number of nitrogens with zero attached hydrogens (tertiary/aromatic N) is 2. The number of carbonyl (C=O) groups is 1. The number of carbonyl (C=O) groups excluding carboxylic acids is 1. The number of benzene rings is 1. The molecule has 0 bridgehead atoms. The summed E-state index contributed by atoms with van der Waals surface area (Å²) in [6.07, 6.45) is 3.27. The largest absolute Gasteiger partial charge is 0.342 e. The highest BCUT2D eigenvalue weighted by atomic mass is 16.1. The average Bonchev–Trinajstić information content (AvgIpc) is 2.79. The summed E-state index contributed by atoms with van der Waals surface area (Å²) in [7, 11) is 0. The fraction of sp³-hybridized carbons (Fsp3) is 0.0714. The number of fused-ring (bicyclic) bond motifs is 1. The second-order valence-electron chi connectivity index (χ2n) is 4.21. The van der Waals surface area contributed by atoms with Crippen LogP contribution in [0.5, 0.6) is 0 Å². The highest BCUT2D eigenvalue weighted by molar-refractivity contribution is 6.11. The van der Waals surface area contributed by atoms with Gasteiger partial charge in [-0.1, -0.05) is 6.07 Å². The average molecular weight is 252 g/mol. The first kappa shape index (κ1) is 11.4. The number of pyridine rings is 1. The van der Waals surface area contributed by atoms with Crippen molar-refractivity contribution in [3.05, 3.63) is 54.1 Å². The molecule has 0 saturated heterocycles. The molecule has 94 valence electrons. The van der Waals surface area contributed by atoms with E-state index in [2.05, 4.69) is 20.3 Å². The summed E-state index contributed by atoms with van der Waals surface area (Å²) in [6.45, 7) is 1.87. The van der Waals surface area contributed by atoms with Crippen LogP contribution < -0.4 is 5.32 Å². The predicted octanol–water partition coefficient (Wildman–Crippen LogP) is 2.52. The number of imidazole rings is 1. The maximum Gasteiger partial charge on any atom is 0.257 e. The van der Waals surface area contributed by atoms with Crippen molar-refractivity contribution in [2.24, 2.45) is 0 Å². The molecule has 0 unspecified atom stereocenters. The molecule has 19 heavy (non-hydrogen) atoms. The molecule has 3 rings (SSSR count). The van der Waals surface area contributed by atoms with Crippen molar-refractivity contribution in [3.8, 4) is 0 Å². The molecule has 2 aromatic heterocycles. The molecule has 2 heterocycles. The van der Waals surface area contributed by atoms with Crippen LogP contribution in [-0.2, 0) is 0 Å². The Morgan fingerprint density at radius 3 is 2.79 bits per heavy atom. The third-order valence-electron chi connectivity index (χ3n) is 2.81. The Kier molecular flexibility index (Phi) is 2.72. The van der Waals surface area contributed by atoms with Crippen molar-refractivity contribution in [1.29, 1.82) is 0 Å². The van der Waals surface area contributed by atoms with Gasteiger partial charge in [0.05, 0.1) is 11.1 Å². The number of hydrogen-bond acceptors (Lipinski definition) is 3. The third-order valence-corrected chi connectivity index (χ3v) is 2.81. The van der Waals surface area contributed by atoms with Crippen molar-refractivity contribution in [3.63, 3.8) is 0 Å². The Balaban J connectivity index is 1.98. The third kappa shape index (κ3) is 2.18. The van der Waals surface area contributed by atoms with Gasteiger partial charge < -0.3 is 10.3 Å². The first-order valence-electron chi connectivity index (χ1n) is 5.91. The van der Waals surface area contributed by atoms with E-state index in [4.69, 9.17) is 0 Å². The fourth-order valence-electron chi connectivity index (χ4n) is 1.97. The summed E-state index contributed by atoms with van der Waals surface area (Å²) in [5, 5.41) is 2.83. The summed E-state index contributed by atoms with van der Waals surface area (Å²) >= 11 is 0. The van der Waals surface area contributed by atoms with E-state index in [9.17, 15) is 4.79 Å². The van der Waals surface area contributed by atoms with E-state index in [-0.39, 0.29) is 5.91 Å². The lowest BCUT2D eigenvalue weighted by atomic mass is 10.1. The molecule has 0 fully saturated rings. The van der Waals surface area contributed by atoms with Gasteiger partial charge in [0.15, 0.2) is 0 Å². The summed E-state index contributed by atoms with van der Waals surface area (Å²) in [5.41, 5.74) is 2.81. The lowest BCUT2D eigenvalue weighted by Crippen LogP contribution is -2.12. The minimum atomic E-state index is -0.177. The molecular formula is C14H12N4O. The molecule has 2 N–H and O–H groups in total. The van der Waals surface area contributed by atoms with Gasteiger partial charge in [0.25, 0.3) is 5.91 Å². The van der Waals surface area contributed by atoms with E-state index in [0.29, 0.717) is 16.8 Å². The first-order chi connectivity index (χ1) is 9.24. The number of anilines is 1. The summed E-state index contributed by atoms with van der Waals surface area (Å²) < 4.78 is 0. The van der Waals surface area contributed by atoms with Gasteiger partial charge in [0, 0.05) is 18.1 Å². The normalized spacial score (nSPS) is 10.6. The molecule has 5 nitrogen and oxygen atoms in total. The van der Waals surface area contributed by atoms with Gasteiger partial charge >= 0.3 is 0 Å². The second kappa shape index (κ2) is 4.53. The van der Waals surface area contributed by atoms with Gasteiger partial charge in [-0.2, -0.15) is 0 Å². The van der Waals surface area contributed by atoms with Gasteiger partial charge in [-0.25, -0.2) is 4.98 Å². The van der Waals surface area contributed by atoms with Crippen LogP contribution in [0.15, 0.2) is 42.7 Å². The fourth-order valence-corrected chi connectivity index (χ4v) is 1.97. The molecule has 0 aliphatic carbocycles. The summed E-state index contributed by atoms with van der Waals surface area (Å²) in [5.74, 6) is 0.613. The zero-order valence-electron chi connectivity index (χ0n) is 10.3. The van der Waals surface area contributed by atoms with Gasteiger partial charge in [-0.3, -0.25) is 9.78 Å². The molecule has 0 aliphatic rings. The highest BCUT2D eigenvalue weighted by Crippen LogP contribution is 2.17. The van der Waals surface area contributed by atoms with Crippen LogP contribution in [0, 0.1) is 6.92 Å². The van der Waals surface area contributed by atoms with Crippen LogP contribution in [0.2, 0.25) is 0 Å². The number of aromatic nitrogens is 3. The van der Waals surface area contributed by atoms with Gasteiger partial charge in [-0.05, 0) is 31.2 Å². The molecule has 1 amide bonds. The number of aromatic amines is 1. The van der Waals surface area contributed by atoms with E-state index >= 15 is 0 Å². The first-order valence-corrected chi connectivity index (χ1v) is 5.91. The van der Waals surface area contributed by atoms with Crippen molar-refractivity contribution < 1.29 is 4.79 Å². The topological polar surface area (TPSA) is 70.7 Å². The van der Waals surface area contributed by atoms with Crippen LogP contribution in [-0.4, -0.2) is 20.9 Å². The van der Waals surface area contributed by atoms with E-state index < -0.39 is 0 Å². The van der Waals surface area contributed by atoms with Crippen molar-refractivity contribution in [1.82, 2.24) is 15.0 Å². The van der Waals surface area contributed by atoms with Gasteiger partial charge in [0.2, 0.25) is 0 Å². The van der Waals surface area contributed by atoms with E-state index in [1.54, 1.807) is 30.6 Å². The second-order valence-corrected chi connectivity index (χ2v) is 4.21. The van der Waals surface area contributed by atoms with Crippen LogP contribution >= 0.6 is 0 Å². The number of aryl methyl sites for hydroxylation is 1. The lowest BCUT2D eigenvalue weighted by molar-refractivity contribution is 0.102. The van der Waals surface area contributed by atoms with Crippen molar-refractivity contribution in [2.45, 2.75) is 6.92 Å². The maximum absolute atomic E-state index is 12.3. The smallest absolute Gasteiger partial charge is 0.257 e. The number of hydrogen-bond donors (Lipinski definition) is 2. The molecule has 0 spiro atoms. The molecule has 3 aromatic rings. The van der Waals surface area contributed by atoms with Gasteiger partial charge in [0.1, 0.15) is 11.3 Å². The Morgan fingerprint density at radius 2 is 2.00 bits per heavy atom. The van der Waals surface area contributed by atoms with Crippen molar-refractivity contribution in [2.75, 3.05) is 5.32 Å². The molecule has 5 heteroatoms. The molecule has 0 saturated carbocycles. The van der Waals surface area contributed by atoms with E-state index in [0.717, 1.165) is 11.3 Å². The predicted molar refractivity (Wildman–Crippen MR) is 73.0 cm³/mol. The lowest BCUT2D eigenvalue weighted by Gasteiger charge is -2.05. The Morgan fingerprint density at radius 1 is 1.21 bits per heavy atom. The molecular weight excluding hydrogens is 240 g/mol. The zero-order valence-corrected chi connectivity index (χ0v) is 10.3. The molecule has 0 radical (unpaired) electrons. The number of amides is 1. The van der Waals surface area contributed by atoms with E-state index in [1.807, 2.05) is 19.1 Å². The number of nitrogens with one attached hydrogen (secondary N) is 2. The molecule has 0 aliphatic heterocycles. The minimum Gasteiger partial charge on any atom is -0.342 e. The number of H-pyrrole nitrogens is 1. The zero-order chi connectivity index (χ0) is 13.2. The SMILES string of the molecule is Cc1nc2c(C(=O)Nc3ccncc3)cccc2[nH]1. The molecule has 0 atom stereocenters. The quantitative estimate of drug-likeness (QED) is 0.736. The van der Waals surface area contributed by atoms with Crippen LogP contribution in [0.3, 0.4) is 0 Å². The maximum atomic E-state index is 12.3. The molecule has 1 aromatic carbocycles. The highest BCUT2D eigenvalue weighted by Gasteiger charge is 2.12. The monoisotopic (exact) mass is 252 g/mol. The Hall–Kier alpha value is -2.69. The number of para-hydroxylation sites is 1. The summed E-state index contributed by atoms with van der Waals surface area (Å²) in [6, 6.07) is 8.99. The van der Waals surface area contributed by atoms with Crippen LogP contribution in [0.4, 0.5) is 5.69 Å². The Bertz CT molecular complexity index is 734. The standard InChI is InChI=1S/C14H12N4O/c1-9-16-12-4-2-3-11(13(12)17-9)14(19)18-10-5-7-15-8-6-10/h2-8H,1H3,(H,16,17)(H,15,18,19). The van der Waals surface area contributed by atoms with Crippen LogP contribution in [0.1, 0.15) is 16.2 Å². The van der Waals surface area contributed by atoms with E-state index in [1.165, 1.54) is 0 Å². The summed E-state index contributed by atoms with van der Waals surface area (Å²) in [4.78, 5) is 23.6.